The minimum Gasteiger partial charge on any atom is -0.342 e. The summed E-state index contributed by atoms with van der Waals surface area (Å²) >= 11 is 0. The van der Waals surface area contributed by atoms with Crippen molar-refractivity contribution in [3.8, 4) is 11.4 Å². The smallest absolute Gasteiger partial charge is 0.342 e. The molecule has 3 aromatic rings. The number of nitrogens with zero attached hydrogens (tertiary/aromatic N) is 4. The maximum atomic E-state index is 13.7. The van der Waals surface area contributed by atoms with Crippen molar-refractivity contribution < 1.29 is 40.5 Å². The highest BCUT2D eigenvalue weighted by Gasteiger charge is 2.38. The Morgan fingerprint density at radius 3 is 2.20 bits per heavy atom. The summed E-state index contributed by atoms with van der Waals surface area (Å²) in [5.41, 5.74) is -0.116. The summed E-state index contributed by atoms with van der Waals surface area (Å²) in [5.74, 6) is -2.88. The van der Waals surface area contributed by atoms with Crippen molar-refractivity contribution in [1.29, 1.82) is 0 Å². The van der Waals surface area contributed by atoms with Crippen molar-refractivity contribution in [3.05, 3.63) is 65.5 Å². The number of likely N-dealkylation sites (tertiary alicyclic amines) is 1. The van der Waals surface area contributed by atoms with E-state index in [0.29, 0.717) is 31.5 Å². The molecule has 4 rings (SSSR count). The molecule has 1 fully saturated rings. The largest absolute Gasteiger partial charge is 0.471 e. The van der Waals surface area contributed by atoms with Gasteiger partial charge in [0.1, 0.15) is 0 Å². The Bertz CT molecular complexity index is 1340. The first-order valence-corrected chi connectivity index (χ1v) is 12.5. The van der Waals surface area contributed by atoms with E-state index in [2.05, 4.69) is 14.7 Å². The van der Waals surface area contributed by atoms with Crippen LogP contribution in [0, 0.1) is 11.8 Å². The Labute approximate surface area is 225 Å². The molecule has 1 saturated heterocycles. The molecule has 2 aromatic carbocycles. The van der Waals surface area contributed by atoms with Crippen LogP contribution in [0.2, 0.25) is 0 Å². The van der Waals surface area contributed by atoms with Gasteiger partial charge in [0.2, 0.25) is 17.6 Å². The van der Waals surface area contributed by atoms with E-state index in [9.17, 15) is 35.9 Å². The fourth-order valence-corrected chi connectivity index (χ4v) is 4.48. The zero-order valence-electron chi connectivity index (χ0n) is 21.6. The van der Waals surface area contributed by atoms with Gasteiger partial charge < -0.3 is 14.3 Å². The van der Waals surface area contributed by atoms with Gasteiger partial charge in [0.25, 0.3) is 0 Å². The molecule has 0 bridgehead atoms. The number of benzene rings is 2. The summed E-state index contributed by atoms with van der Waals surface area (Å²) in [5, 5.41) is 3.34. The van der Waals surface area contributed by atoms with Crippen molar-refractivity contribution in [2.45, 2.75) is 45.6 Å². The molecule has 0 atom stereocenters. The van der Waals surface area contributed by atoms with Gasteiger partial charge >= 0.3 is 18.2 Å². The summed E-state index contributed by atoms with van der Waals surface area (Å²) in [4.78, 5) is 32.3. The third-order valence-corrected chi connectivity index (χ3v) is 6.62. The Morgan fingerprint density at radius 2 is 1.65 bits per heavy atom. The number of hydrogen-bond acceptors (Lipinski definition) is 5. The highest BCUT2D eigenvalue weighted by Crippen LogP contribution is 2.34. The van der Waals surface area contributed by atoms with Crippen molar-refractivity contribution in [1.82, 2.24) is 15.0 Å². The van der Waals surface area contributed by atoms with Crippen molar-refractivity contribution in [3.63, 3.8) is 0 Å². The zero-order chi connectivity index (χ0) is 29.2. The SMILES string of the molecule is CC(C)C(=O)N1CCC(C(=O)N(Cc2ccc(-c3noc(C(F)(F)F)n3)cc2)c2cccc(C(F)(F)F)c2)CC1. The maximum absolute atomic E-state index is 13.7. The molecule has 1 aliphatic heterocycles. The maximum Gasteiger partial charge on any atom is 0.471 e. The highest BCUT2D eigenvalue weighted by atomic mass is 19.4. The van der Waals surface area contributed by atoms with Gasteiger partial charge in [-0.1, -0.05) is 49.3 Å². The first kappa shape index (κ1) is 29.1. The number of piperidine rings is 1. The molecule has 1 aliphatic rings. The van der Waals surface area contributed by atoms with Crippen LogP contribution in [-0.4, -0.2) is 39.9 Å². The van der Waals surface area contributed by atoms with Crippen LogP contribution < -0.4 is 4.90 Å². The molecule has 13 heteroatoms. The van der Waals surface area contributed by atoms with Gasteiger partial charge in [-0.25, -0.2) is 0 Å². The van der Waals surface area contributed by atoms with Crippen LogP contribution >= 0.6 is 0 Å². The highest BCUT2D eigenvalue weighted by molar-refractivity contribution is 5.95. The van der Waals surface area contributed by atoms with Crippen LogP contribution in [0.25, 0.3) is 11.4 Å². The average molecular weight is 569 g/mol. The lowest BCUT2D eigenvalue weighted by atomic mass is 9.94. The van der Waals surface area contributed by atoms with Crippen LogP contribution in [0.3, 0.4) is 0 Å². The Hall–Kier alpha value is -3.90. The Morgan fingerprint density at radius 1 is 1.00 bits per heavy atom. The van der Waals surface area contributed by atoms with E-state index in [0.717, 1.165) is 12.1 Å². The predicted octanol–water partition coefficient (Wildman–Crippen LogP) is 6.20. The molecule has 0 aliphatic carbocycles. The molecule has 40 heavy (non-hydrogen) atoms. The second-order valence-electron chi connectivity index (χ2n) is 9.84. The Balaban J connectivity index is 1.58. The van der Waals surface area contributed by atoms with Gasteiger partial charge in [0.15, 0.2) is 0 Å². The first-order valence-electron chi connectivity index (χ1n) is 12.5. The second-order valence-corrected chi connectivity index (χ2v) is 9.84. The molecule has 2 amide bonds. The van der Waals surface area contributed by atoms with Gasteiger partial charge in [-0.2, -0.15) is 31.3 Å². The van der Waals surface area contributed by atoms with Gasteiger partial charge in [-0.05, 0) is 36.6 Å². The standard InChI is InChI=1S/C27H26F6N4O3/c1-16(2)23(38)36-12-10-19(11-13-36)24(39)37(21-5-3-4-20(14-21)26(28,29)30)15-17-6-8-18(9-7-17)22-34-25(40-35-22)27(31,32)33/h3-9,14,16,19H,10-13,15H2,1-2H3. The topological polar surface area (TPSA) is 79.5 Å². The van der Waals surface area contributed by atoms with Gasteiger partial charge in [0.05, 0.1) is 12.1 Å². The van der Waals surface area contributed by atoms with E-state index in [4.69, 9.17) is 0 Å². The lowest BCUT2D eigenvalue weighted by Crippen LogP contribution is -2.45. The van der Waals surface area contributed by atoms with Crippen LogP contribution in [-0.2, 0) is 28.5 Å². The van der Waals surface area contributed by atoms with Crippen LogP contribution in [0.5, 0.6) is 0 Å². The molecular weight excluding hydrogens is 542 g/mol. The van der Waals surface area contributed by atoms with Crippen LogP contribution in [0.4, 0.5) is 32.0 Å². The minimum absolute atomic E-state index is 0.0234. The third kappa shape index (κ3) is 6.62. The van der Waals surface area contributed by atoms with Gasteiger partial charge in [-0.15, -0.1) is 0 Å². The minimum atomic E-state index is -4.80. The number of carbonyl (C=O) groups is 2. The molecule has 0 N–H and O–H groups in total. The molecule has 214 valence electrons. The summed E-state index contributed by atoms with van der Waals surface area (Å²) in [6.45, 7) is 4.21. The van der Waals surface area contributed by atoms with E-state index < -0.39 is 29.7 Å². The number of carbonyl (C=O) groups excluding carboxylic acids is 2. The van der Waals surface area contributed by atoms with E-state index in [1.54, 1.807) is 18.7 Å². The quantitative estimate of drug-likeness (QED) is 0.331. The number of alkyl halides is 6. The average Bonchev–Trinajstić information content (AvgIpc) is 3.42. The van der Waals surface area contributed by atoms with Crippen molar-refractivity contribution in [2.24, 2.45) is 11.8 Å². The number of aromatic nitrogens is 2. The molecule has 0 unspecified atom stereocenters. The lowest BCUT2D eigenvalue weighted by molar-refractivity contribution is -0.159. The third-order valence-electron chi connectivity index (χ3n) is 6.62. The summed E-state index contributed by atoms with van der Waals surface area (Å²) in [6, 6.07) is 10.4. The van der Waals surface area contributed by atoms with Crippen molar-refractivity contribution in [2.75, 3.05) is 18.0 Å². The molecule has 0 saturated carbocycles. The monoisotopic (exact) mass is 568 g/mol. The van der Waals surface area contributed by atoms with E-state index >= 15 is 0 Å². The van der Waals surface area contributed by atoms with Gasteiger partial charge in [-0.3, -0.25) is 9.59 Å². The lowest BCUT2D eigenvalue weighted by Gasteiger charge is -2.35. The normalized spacial score (nSPS) is 15.0. The number of anilines is 1. The number of rotatable bonds is 6. The van der Waals surface area contributed by atoms with E-state index in [-0.39, 0.29) is 41.4 Å². The fraction of sp³-hybridized carbons (Fsp3) is 0.407. The Kier molecular flexibility index (Phi) is 8.22. The van der Waals surface area contributed by atoms with Gasteiger partial charge in [0, 0.05) is 36.2 Å². The molecule has 0 spiro atoms. The molecule has 2 heterocycles. The summed E-state index contributed by atoms with van der Waals surface area (Å²) < 4.78 is 83.0. The van der Waals surface area contributed by atoms with Crippen molar-refractivity contribution >= 4 is 17.5 Å². The fourth-order valence-electron chi connectivity index (χ4n) is 4.48. The number of hydrogen-bond donors (Lipinski definition) is 0. The first-order chi connectivity index (χ1) is 18.7. The number of amides is 2. The van der Waals surface area contributed by atoms with E-state index in [1.807, 2.05) is 0 Å². The zero-order valence-corrected chi connectivity index (χ0v) is 21.6. The molecule has 0 radical (unpaired) electrons. The summed E-state index contributed by atoms with van der Waals surface area (Å²) in [7, 11) is 0. The number of halogens is 6. The second kappa shape index (κ2) is 11.3. The summed E-state index contributed by atoms with van der Waals surface area (Å²) in [6.07, 6.45) is -8.68. The van der Waals surface area contributed by atoms with Crippen LogP contribution in [0.15, 0.2) is 53.1 Å². The predicted molar refractivity (Wildman–Crippen MR) is 132 cm³/mol. The van der Waals surface area contributed by atoms with E-state index in [1.165, 1.54) is 41.3 Å². The molecule has 7 nitrogen and oxygen atoms in total. The van der Waals surface area contributed by atoms with Crippen LogP contribution in [0.1, 0.15) is 43.7 Å². The molecule has 1 aromatic heterocycles. The molecular formula is C27H26F6N4O3.